The molecule has 0 radical (unpaired) electrons. The van der Waals surface area contributed by atoms with E-state index in [2.05, 4.69) is 32.4 Å². The highest BCUT2D eigenvalue weighted by Gasteiger charge is 2.08. The SMILES string of the molecule is Cc1cc(-c2cnc3cnn(Cc4cccnn4)c3c2)ccc1Cl. The first-order chi connectivity index (χ1) is 11.7. The quantitative estimate of drug-likeness (QED) is 0.570. The van der Waals surface area contributed by atoms with E-state index in [4.69, 9.17) is 11.6 Å². The molecule has 0 aliphatic heterocycles. The number of hydrogen-bond acceptors (Lipinski definition) is 4. The van der Waals surface area contributed by atoms with Gasteiger partial charge in [-0.25, -0.2) is 0 Å². The Morgan fingerprint density at radius 2 is 2.00 bits per heavy atom. The topological polar surface area (TPSA) is 56.5 Å². The molecule has 24 heavy (non-hydrogen) atoms. The molecular weight excluding hydrogens is 322 g/mol. The Kier molecular flexibility index (Phi) is 3.70. The van der Waals surface area contributed by atoms with Gasteiger partial charge in [-0.3, -0.25) is 9.67 Å². The fourth-order valence-electron chi connectivity index (χ4n) is 2.64. The van der Waals surface area contributed by atoms with Crippen LogP contribution in [0.2, 0.25) is 5.02 Å². The first-order valence-electron chi connectivity index (χ1n) is 7.55. The molecule has 3 aromatic heterocycles. The van der Waals surface area contributed by atoms with Crippen molar-refractivity contribution in [2.45, 2.75) is 13.5 Å². The summed E-state index contributed by atoms with van der Waals surface area (Å²) in [5.74, 6) is 0. The van der Waals surface area contributed by atoms with Crippen molar-refractivity contribution in [1.82, 2.24) is 25.0 Å². The first-order valence-corrected chi connectivity index (χ1v) is 7.93. The van der Waals surface area contributed by atoms with E-state index in [-0.39, 0.29) is 0 Å². The lowest BCUT2D eigenvalue weighted by atomic mass is 10.0. The highest BCUT2D eigenvalue weighted by atomic mass is 35.5. The van der Waals surface area contributed by atoms with Crippen LogP contribution in [-0.4, -0.2) is 25.0 Å². The average Bonchev–Trinajstić information content (AvgIpc) is 3.00. The van der Waals surface area contributed by atoms with Crippen LogP contribution in [0.4, 0.5) is 0 Å². The van der Waals surface area contributed by atoms with Crippen LogP contribution < -0.4 is 0 Å². The van der Waals surface area contributed by atoms with Crippen LogP contribution in [0.25, 0.3) is 22.2 Å². The van der Waals surface area contributed by atoms with E-state index >= 15 is 0 Å². The van der Waals surface area contributed by atoms with Crippen molar-refractivity contribution < 1.29 is 0 Å². The monoisotopic (exact) mass is 335 g/mol. The van der Waals surface area contributed by atoms with Crippen LogP contribution >= 0.6 is 11.6 Å². The van der Waals surface area contributed by atoms with Gasteiger partial charge in [0, 0.05) is 23.0 Å². The number of halogens is 1. The van der Waals surface area contributed by atoms with Gasteiger partial charge >= 0.3 is 0 Å². The maximum atomic E-state index is 6.12. The van der Waals surface area contributed by atoms with Crippen molar-refractivity contribution >= 4 is 22.6 Å². The summed E-state index contributed by atoms with van der Waals surface area (Å²) >= 11 is 6.12. The molecule has 118 valence electrons. The number of nitrogens with zero attached hydrogens (tertiary/aromatic N) is 5. The zero-order valence-corrected chi connectivity index (χ0v) is 13.8. The minimum absolute atomic E-state index is 0.558. The normalized spacial score (nSPS) is 11.1. The van der Waals surface area contributed by atoms with E-state index in [1.54, 1.807) is 12.4 Å². The maximum Gasteiger partial charge on any atom is 0.108 e. The van der Waals surface area contributed by atoms with Gasteiger partial charge in [0.1, 0.15) is 5.52 Å². The second kappa shape index (κ2) is 6.02. The molecule has 0 saturated carbocycles. The second-order valence-electron chi connectivity index (χ2n) is 5.61. The molecule has 4 aromatic rings. The van der Waals surface area contributed by atoms with Gasteiger partial charge in [-0.05, 0) is 48.4 Å². The van der Waals surface area contributed by atoms with Gasteiger partial charge in [-0.2, -0.15) is 15.3 Å². The summed E-state index contributed by atoms with van der Waals surface area (Å²) in [6.45, 7) is 2.55. The van der Waals surface area contributed by atoms with Crippen molar-refractivity contribution in [2.75, 3.05) is 0 Å². The van der Waals surface area contributed by atoms with Crippen LogP contribution in [0.3, 0.4) is 0 Å². The molecule has 5 nitrogen and oxygen atoms in total. The van der Waals surface area contributed by atoms with Gasteiger partial charge in [0.05, 0.1) is 24.0 Å². The summed E-state index contributed by atoms with van der Waals surface area (Å²) in [4.78, 5) is 4.52. The molecule has 4 rings (SSSR count). The minimum atomic E-state index is 0.558. The highest BCUT2D eigenvalue weighted by molar-refractivity contribution is 6.31. The number of benzene rings is 1. The van der Waals surface area contributed by atoms with Crippen molar-refractivity contribution in [3.63, 3.8) is 0 Å². The molecule has 0 aliphatic rings. The molecular formula is C18H14ClN5. The van der Waals surface area contributed by atoms with Crippen LogP contribution in [0.5, 0.6) is 0 Å². The highest BCUT2D eigenvalue weighted by Crippen LogP contribution is 2.26. The zero-order chi connectivity index (χ0) is 16.5. The Morgan fingerprint density at radius 3 is 2.79 bits per heavy atom. The Labute approximate surface area is 143 Å². The second-order valence-corrected chi connectivity index (χ2v) is 6.02. The number of rotatable bonds is 3. The van der Waals surface area contributed by atoms with Gasteiger partial charge in [0.15, 0.2) is 0 Å². The largest absolute Gasteiger partial charge is 0.257 e. The predicted molar refractivity (Wildman–Crippen MR) is 93.8 cm³/mol. The molecule has 6 heteroatoms. The Balaban J connectivity index is 1.76. The zero-order valence-electron chi connectivity index (χ0n) is 13.0. The third-order valence-electron chi connectivity index (χ3n) is 3.93. The summed E-state index contributed by atoms with van der Waals surface area (Å²) in [7, 11) is 0. The van der Waals surface area contributed by atoms with Crippen LogP contribution in [0, 0.1) is 6.92 Å². The van der Waals surface area contributed by atoms with Crippen LogP contribution in [0.15, 0.2) is 55.0 Å². The molecule has 0 spiro atoms. The fraction of sp³-hybridized carbons (Fsp3) is 0.111. The van der Waals surface area contributed by atoms with Crippen LogP contribution in [-0.2, 0) is 6.54 Å². The van der Waals surface area contributed by atoms with E-state index in [9.17, 15) is 0 Å². The number of aromatic nitrogens is 5. The summed E-state index contributed by atoms with van der Waals surface area (Å²) < 4.78 is 1.89. The molecule has 3 heterocycles. The summed E-state index contributed by atoms with van der Waals surface area (Å²) in [6, 6.07) is 11.9. The van der Waals surface area contributed by atoms with Gasteiger partial charge in [-0.15, -0.1) is 0 Å². The summed E-state index contributed by atoms with van der Waals surface area (Å²) in [6.07, 6.45) is 5.29. The molecule has 0 saturated heterocycles. The Bertz CT molecular complexity index is 1010. The third kappa shape index (κ3) is 2.74. The van der Waals surface area contributed by atoms with Gasteiger partial charge < -0.3 is 0 Å². The molecule has 0 fully saturated rings. The maximum absolute atomic E-state index is 6.12. The van der Waals surface area contributed by atoms with Crippen molar-refractivity contribution in [3.8, 4) is 11.1 Å². The predicted octanol–water partition coefficient (Wildman–Crippen LogP) is 3.90. The fourth-order valence-corrected chi connectivity index (χ4v) is 2.75. The Hall–Kier alpha value is -2.79. The molecule has 0 N–H and O–H groups in total. The van der Waals surface area contributed by atoms with Crippen molar-refractivity contribution in [2.24, 2.45) is 0 Å². The lowest BCUT2D eigenvalue weighted by molar-refractivity contribution is 0.685. The first kappa shape index (κ1) is 14.8. The number of hydrogen-bond donors (Lipinski definition) is 0. The smallest absolute Gasteiger partial charge is 0.108 e. The minimum Gasteiger partial charge on any atom is -0.257 e. The van der Waals surface area contributed by atoms with Crippen molar-refractivity contribution in [3.05, 3.63) is 71.3 Å². The standard InChI is InChI=1S/C18H14ClN5/c1-12-7-13(4-5-16(12)19)14-8-18-17(20-9-14)10-22-24(18)11-15-3-2-6-21-23-15/h2-10H,11H2,1H3. The molecule has 0 aliphatic carbocycles. The van der Waals surface area contributed by atoms with E-state index < -0.39 is 0 Å². The number of fused-ring (bicyclic) bond motifs is 1. The van der Waals surface area contributed by atoms with E-state index in [1.807, 2.05) is 42.1 Å². The third-order valence-corrected chi connectivity index (χ3v) is 4.35. The van der Waals surface area contributed by atoms with Crippen LogP contribution in [0.1, 0.15) is 11.3 Å². The molecule has 0 atom stereocenters. The molecule has 0 amide bonds. The van der Waals surface area contributed by atoms with Gasteiger partial charge in [-0.1, -0.05) is 17.7 Å². The molecule has 0 bridgehead atoms. The number of aryl methyl sites for hydroxylation is 1. The lowest BCUT2D eigenvalue weighted by Crippen LogP contribution is -2.04. The van der Waals surface area contributed by atoms with Gasteiger partial charge in [0.25, 0.3) is 0 Å². The molecule has 0 unspecified atom stereocenters. The average molecular weight is 336 g/mol. The summed E-state index contributed by atoms with van der Waals surface area (Å²) in [5.41, 5.74) is 5.83. The molecule has 1 aromatic carbocycles. The van der Waals surface area contributed by atoms with Gasteiger partial charge in [0.2, 0.25) is 0 Å². The number of pyridine rings is 1. The van der Waals surface area contributed by atoms with E-state index in [0.29, 0.717) is 6.54 Å². The van der Waals surface area contributed by atoms with E-state index in [1.165, 1.54) is 0 Å². The lowest BCUT2D eigenvalue weighted by Gasteiger charge is -2.06. The summed E-state index contributed by atoms with van der Waals surface area (Å²) in [5, 5.41) is 13.2. The van der Waals surface area contributed by atoms with E-state index in [0.717, 1.165) is 38.4 Å². The Morgan fingerprint density at radius 1 is 1.08 bits per heavy atom. The van der Waals surface area contributed by atoms with Crippen molar-refractivity contribution in [1.29, 1.82) is 0 Å².